The minimum absolute atomic E-state index is 1.29. The van der Waals surface area contributed by atoms with Gasteiger partial charge in [-0.05, 0) is 42.4 Å². The third-order valence-corrected chi connectivity index (χ3v) is 2.46. The SMILES string of the molecule is C[CH]c1ccc2c(c1)CCC2. The van der Waals surface area contributed by atoms with Crippen LogP contribution < -0.4 is 0 Å². The maximum atomic E-state index is 2.32. The topological polar surface area (TPSA) is 0 Å². The van der Waals surface area contributed by atoms with Crippen LogP contribution in [0.3, 0.4) is 0 Å². The highest BCUT2D eigenvalue weighted by Crippen LogP contribution is 2.23. The second-order valence-electron chi connectivity index (χ2n) is 3.17. The molecule has 1 radical (unpaired) electrons. The van der Waals surface area contributed by atoms with Crippen LogP contribution in [-0.2, 0) is 12.8 Å². The maximum Gasteiger partial charge on any atom is -0.0124 e. The normalized spacial score (nSPS) is 15.0. The number of aryl methyl sites for hydroxylation is 2. The van der Waals surface area contributed by atoms with Crippen LogP contribution >= 0.6 is 0 Å². The van der Waals surface area contributed by atoms with Gasteiger partial charge < -0.3 is 0 Å². The molecule has 0 heterocycles. The van der Waals surface area contributed by atoms with E-state index < -0.39 is 0 Å². The Morgan fingerprint density at radius 1 is 1.18 bits per heavy atom. The third-order valence-electron chi connectivity index (χ3n) is 2.46. The van der Waals surface area contributed by atoms with Crippen LogP contribution in [-0.4, -0.2) is 0 Å². The first-order valence-corrected chi connectivity index (χ1v) is 4.31. The van der Waals surface area contributed by atoms with Gasteiger partial charge in [0.05, 0.1) is 0 Å². The van der Waals surface area contributed by atoms with Crippen LogP contribution in [0.4, 0.5) is 0 Å². The number of rotatable bonds is 1. The summed E-state index contributed by atoms with van der Waals surface area (Å²) in [5.41, 5.74) is 4.50. The van der Waals surface area contributed by atoms with Crippen LogP contribution in [0.2, 0.25) is 0 Å². The lowest BCUT2D eigenvalue weighted by molar-refractivity contribution is 0.911. The fourth-order valence-electron chi connectivity index (χ4n) is 1.77. The Balaban J connectivity index is 2.41. The van der Waals surface area contributed by atoms with E-state index in [4.69, 9.17) is 0 Å². The van der Waals surface area contributed by atoms with Gasteiger partial charge in [-0.3, -0.25) is 0 Å². The first kappa shape index (κ1) is 6.90. The molecule has 1 aromatic carbocycles. The summed E-state index contributed by atoms with van der Waals surface area (Å²) in [6.07, 6.45) is 6.09. The van der Waals surface area contributed by atoms with Gasteiger partial charge in [-0.15, -0.1) is 0 Å². The lowest BCUT2D eigenvalue weighted by Crippen LogP contribution is -1.84. The zero-order chi connectivity index (χ0) is 7.68. The summed E-state index contributed by atoms with van der Waals surface area (Å²) in [7, 11) is 0. The first-order chi connectivity index (χ1) is 5.40. The summed E-state index contributed by atoms with van der Waals surface area (Å²) in [6.45, 7) is 2.09. The van der Waals surface area contributed by atoms with Crippen LogP contribution in [0, 0.1) is 6.42 Å². The zero-order valence-corrected chi connectivity index (χ0v) is 6.93. The molecule has 1 aromatic rings. The molecule has 0 bridgehead atoms. The van der Waals surface area contributed by atoms with E-state index in [1.807, 2.05) is 0 Å². The molecule has 0 saturated carbocycles. The van der Waals surface area contributed by atoms with E-state index in [1.165, 1.54) is 24.8 Å². The highest BCUT2D eigenvalue weighted by atomic mass is 14.1. The van der Waals surface area contributed by atoms with Crippen molar-refractivity contribution in [3.05, 3.63) is 41.3 Å². The fourth-order valence-corrected chi connectivity index (χ4v) is 1.77. The minimum atomic E-state index is 1.29. The Labute approximate surface area is 68.3 Å². The molecule has 0 saturated heterocycles. The van der Waals surface area contributed by atoms with Crippen molar-refractivity contribution < 1.29 is 0 Å². The van der Waals surface area contributed by atoms with Gasteiger partial charge >= 0.3 is 0 Å². The molecule has 0 N–H and O–H groups in total. The Kier molecular flexibility index (Phi) is 1.69. The number of benzene rings is 1. The van der Waals surface area contributed by atoms with Gasteiger partial charge in [-0.25, -0.2) is 0 Å². The van der Waals surface area contributed by atoms with Crippen molar-refractivity contribution >= 4 is 0 Å². The Bertz CT molecular complexity index is 261. The van der Waals surface area contributed by atoms with Crippen LogP contribution in [0.15, 0.2) is 18.2 Å². The molecular weight excluding hydrogens is 132 g/mol. The smallest absolute Gasteiger partial charge is 0.0124 e. The van der Waals surface area contributed by atoms with Gasteiger partial charge in [0.25, 0.3) is 0 Å². The monoisotopic (exact) mass is 145 g/mol. The van der Waals surface area contributed by atoms with E-state index >= 15 is 0 Å². The molecule has 1 aliphatic carbocycles. The van der Waals surface area contributed by atoms with Crippen LogP contribution in [0.1, 0.15) is 30.0 Å². The highest BCUT2D eigenvalue weighted by molar-refractivity contribution is 5.37. The Hall–Kier alpha value is -0.780. The molecule has 11 heavy (non-hydrogen) atoms. The molecular formula is C11H13. The van der Waals surface area contributed by atoms with Gasteiger partial charge in [0.15, 0.2) is 0 Å². The van der Waals surface area contributed by atoms with E-state index in [9.17, 15) is 0 Å². The van der Waals surface area contributed by atoms with E-state index in [0.29, 0.717) is 0 Å². The molecule has 0 unspecified atom stereocenters. The first-order valence-electron chi connectivity index (χ1n) is 4.31. The average Bonchev–Trinajstić information content (AvgIpc) is 2.50. The molecule has 0 amide bonds. The van der Waals surface area contributed by atoms with E-state index in [2.05, 4.69) is 31.5 Å². The van der Waals surface area contributed by atoms with Crippen molar-refractivity contribution in [3.8, 4) is 0 Å². The molecule has 1 aliphatic rings. The molecule has 0 atom stereocenters. The molecule has 0 aromatic heterocycles. The lowest BCUT2D eigenvalue weighted by Gasteiger charge is -2.00. The van der Waals surface area contributed by atoms with Crippen molar-refractivity contribution in [2.24, 2.45) is 0 Å². The van der Waals surface area contributed by atoms with E-state index in [-0.39, 0.29) is 0 Å². The lowest BCUT2D eigenvalue weighted by atomic mass is 10.1. The summed E-state index contributed by atoms with van der Waals surface area (Å²) < 4.78 is 0. The van der Waals surface area contributed by atoms with Gasteiger partial charge in [-0.2, -0.15) is 0 Å². The van der Waals surface area contributed by atoms with Crippen LogP contribution in [0.25, 0.3) is 0 Å². The molecule has 0 spiro atoms. The fraction of sp³-hybridized carbons (Fsp3) is 0.364. The molecule has 0 heteroatoms. The van der Waals surface area contributed by atoms with Gasteiger partial charge in [0.1, 0.15) is 0 Å². The summed E-state index contributed by atoms with van der Waals surface area (Å²) in [4.78, 5) is 0. The molecule has 0 aliphatic heterocycles. The van der Waals surface area contributed by atoms with Gasteiger partial charge in [-0.1, -0.05) is 25.1 Å². The Morgan fingerprint density at radius 3 is 2.82 bits per heavy atom. The summed E-state index contributed by atoms with van der Waals surface area (Å²) in [5.74, 6) is 0. The van der Waals surface area contributed by atoms with Crippen molar-refractivity contribution in [2.45, 2.75) is 26.2 Å². The Morgan fingerprint density at radius 2 is 2.00 bits per heavy atom. The maximum absolute atomic E-state index is 2.32. The predicted molar refractivity (Wildman–Crippen MR) is 47.5 cm³/mol. The quantitative estimate of drug-likeness (QED) is 0.570. The number of hydrogen-bond donors (Lipinski definition) is 0. The third kappa shape index (κ3) is 1.18. The molecule has 0 fully saturated rings. The van der Waals surface area contributed by atoms with Crippen molar-refractivity contribution in [1.82, 2.24) is 0 Å². The average molecular weight is 145 g/mol. The summed E-state index contributed by atoms with van der Waals surface area (Å²) in [6, 6.07) is 6.81. The zero-order valence-electron chi connectivity index (χ0n) is 6.93. The predicted octanol–water partition coefficient (Wildman–Crippen LogP) is 2.75. The molecule has 0 nitrogen and oxygen atoms in total. The minimum Gasteiger partial charge on any atom is -0.0585 e. The highest BCUT2D eigenvalue weighted by Gasteiger charge is 2.09. The largest absolute Gasteiger partial charge is 0.0585 e. The van der Waals surface area contributed by atoms with E-state index in [1.54, 1.807) is 11.1 Å². The van der Waals surface area contributed by atoms with Crippen molar-refractivity contribution in [1.29, 1.82) is 0 Å². The number of hydrogen-bond acceptors (Lipinski definition) is 0. The van der Waals surface area contributed by atoms with E-state index in [0.717, 1.165) is 0 Å². The van der Waals surface area contributed by atoms with Gasteiger partial charge in [0, 0.05) is 0 Å². The summed E-state index contributed by atoms with van der Waals surface area (Å²) in [5, 5.41) is 0. The molecule has 2 rings (SSSR count). The number of fused-ring (bicyclic) bond motifs is 1. The second kappa shape index (κ2) is 2.69. The van der Waals surface area contributed by atoms with Crippen molar-refractivity contribution in [3.63, 3.8) is 0 Å². The van der Waals surface area contributed by atoms with Crippen molar-refractivity contribution in [2.75, 3.05) is 0 Å². The second-order valence-corrected chi connectivity index (χ2v) is 3.17. The summed E-state index contributed by atoms with van der Waals surface area (Å²) >= 11 is 0. The van der Waals surface area contributed by atoms with Crippen LogP contribution in [0.5, 0.6) is 0 Å². The molecule has 57 valence electrons. The van der Waals surface area contributed by atoms with Gasteiger partial charge in [0.2, 0.25) is 0 Å². The standard InChI is InChI=1S/C11H13/c1-2-9-6-7-10-4-3-5-11(10)8-9/h2,6-8H,3-5H2,1H3.